The first kappa shape index (κ1) is 17.0. The molecule has 0 nitrogen and oxygen atoms in total. The van der Waals surface area contributed by atoms with Crippen LogP contribution in [-0.2, 0) is 0 Å². The maximum atomic E-state index is 2.65. The molecule has 1 aromatic carbocycles. The third-order valence-corrected chi connectivity index (χ3v) is 10.9. The average Bonchev–Trinajstić information content (AvgIpc) is 3.54. The van der Waals surface area contributed by atoms with Gasteiger partial charge in [0.1, 0.15) is 0 Å². The number of aryl methyl sites for hydroxylation is 1. The van der Waals surface area contributed by atoms with Crippen LogP contribution in [0.25, 0.3) is 0 Å². The summed E-state index contributed by atoms with van der Waals surface area (Å²) in [6.45, 7) is 2.47. The van der Waals surface area contributed by atoms with E-state index in [9.17, 15) is 0 Å². The van der Waals surface area contributed by atoms with Gasteiger partial charge in [-0.25, -0.2) is 0 Å². The lowest BCUT2D eigenvalue weighted by atomic mass is 9.69. The minimum Gasteiger partial charge on any atom is -0.0587 e. The minimum atomic E-state index is 0.922. The van der Waals surface area contributed by atoms with Crippen molar-refractivity contribution in [2.45, 2.75) is 102 Å². The lowest BCUT2D eigenvalue weighted by Gasteiger charge is -2.36. The fourth-order valence-corrected chi connectivity index (χ4v) is 9.81. The summed E-state index contributed by atoms with van der Waals surface area (Å²) >= 11 is 0. The highest BCUT2D eigenvalue weighted by Gasteiger charge is 2.48. The van der Waals surface area contributed by atoms with Crippen molar-refractivity contribution < 1.29 is 0 Å². The van der Waals surface area contributed by atoms with Crippen molar-refractivity contribution in [3.63, 3.8) is 0 Å². The number of fused-ring (bicyclic) bond motifs is 6. The Morgan fingerprint density at radius 2 is 1.04 bits per heavy atom. The molecule has 28 heavy (non-hydrogen) atoms. The molecular formula is C28H38. The van der Waals surface area contributed by atoms with Gasteiger partial charge in [-0.05, 0) is 140 Å². The van der Waals surface area contributed by atoms with Gasteiger partial charge < -0.3 is 0 Å². The molecule has 1 aromatic rings. The molecule has 0 spiro atoms. The molecule has 0 heteroatoms. The Kier molecular flexibility index (Phi) is 3.70. The van der Waals surface area contributed by atoms with Crippen molar-refractivity contribution in [3.05, 3.63) is 34.4 Å². The number of hydrogen-bond acceptors (Lipinski definition) is 0. The van der Waals surface area contributed by atoms with Crippen molar-refractivity contribution in [1.82, 2.24) is 0 Å². The summed E-state index contributed by atoms with van der Waals surface area (Å²) in [7, 11) is 0. The van der Waals surface area contributed by atoms with Crippen LogP contribution in [-0.4, -0.2) is 0 Å². The highest BCUT2D eigenvalue weighted by molar-refractivity contribution is 5.49. The summed E-state index contributed by atoms with van der Waals surface area (Å²) in [5.41, 5.74) is 7.45. The Morgan fingerprint density at radius 3 is 1.50 bits per heavy atom. The van der Waals surface area contributed by atoms with Crippen molar-refractivity contribution in [3.8, 4) is 0 Å². The van der Waals surface area contributed by atoms with Crippen LogP contribution in [0.4, 0.5) is 0 Å². The second-order valence-corrected chi connectivity index (χ2v) is 12.1. The lowest BCUT2D eigenvalue weighted by Crippen LogP contribution is -2.21. The monoisotopic (exact) mass is 374 g/mol. The molecule has 0 amide bonds. The van der Waals surface area contributed by atoms with Gasteiger partial charge in [0.2, 0.25) is 0 Å². The minimum absolute atomic E-state index is 0.922. The molecule has 0 aliphatic heterocycles. The van der Waals surface area contributed by atoms with Crippen molar-refractivity contribution in [1.29, 1.82) is 0 Å². The molecule has 0 radical (unpaired) electrons. The fourth-order valence-electron chi connectivity index (χ4n) is 9.81. The van der Waals surface area contributed by atoms with E-state index < -0.39 is 0 Å². The van der Waals surface area contributed by atoms with Crippen LogP contribution in [0, 0.1) is 42.4 Å². The van der Waals surface area contributed by atoms with Crippen LogP contribution in [0.15, 0.2) is 12.1 Å². The first-order valence-electron chi connectivity index (χ1n) is 12.9. The molecule has 6 fully saturated rings. The van der Waals surface area contributed by atoms with E-state index in [1.807, 2.05) is 16.7 Å². The van der Waals surface area contributed by atoms with Gasteiger partial charge in [-0.2, -0.15) is 0 Å². The third-order valence-electron chi connectivity index (χ3n) is 10.9. The van der Waals surface area contributed by atoms with E-state index in [1.54, 1.807) is 31.2 Å². The highest BCUT2D eigenvalue weighted by Crippen LogP contribution is 2.61. The first-order chi connectivity index (χ1) is 13.7. The van der Waals surface area contributed by atoms with Crippen LogP contribution >= 0.6 is 0 Å². The van der Waals surface area contributed by atoms with E-state index in [2.05, 4.69) is 19.1 Å². The molecule has 9 atom stereocenters. The summed E-state index contributed by atoms with van der Waals surface area (Å²) in [5, 5.41) is 0. The Balaban J connectivity index is 1.37. The number of rotatable bonds is 3. The molecule has 0 N–H and O–H groups in total. The van der Waals surface area contributed by atoms with E-state index in [0.29, 0.717) is 0 Å². The summed E-state index contributed by atoms with van der Waals surface area (Å²) < 4.78 is 0. The van der Waals surface area contributed by atoms with E-state index in [4.69, 9.17) is 0 Å². The molecule has 0 saturated heterocycles. The predicted octanol–water partition coefficient (Wildman–Crippen LogP) is 7.71. The molecule has 7 rings (SSSR count). The van der Waals surface area contributed by atoms with E-state index in [0.717, 1.165) is 53.3 Å². The van der Waals surface area contributed by atoms with E-state index >= 15 is 0 Å². The van der Waals surface area contributed by atoms with Gasteiger partial charge in [0.25, 0.3) is 0 Å². The smallest absolute Gasteiger partial charge is 0.0125 e. The molecule has 6 saturated carbocycles. The lowest BCUT2D eigenvalue weighted by molar-refractivity contribution is 0.379. The zero-order valence-electron chi connectivity index (χ0n) is 17.8. The largest absolute Gasteiger partial charge is 0.0587 e. The molecule has 6 aliphatic rings. The Labute approximate surface area is 171 Å². The van der Waals surface area contributed by atoms with Gasteiger partial charge in [-0.15, -0.1) is 0 Å². The van der Waals surface area contributed by atoms with Crippen LogP contribution < -0.4 is 0 Å². The summed E-state index contributed by atoms with van der Waals surface area (Å²) in [6, 6.07) is 5.22. The molecule has 6 aliphatic carbocycles. The van der Waals surface area contributed by atoms with E-state index in [1.165, 1.54) is 51.4 Å². The van der Waals surface area contributed by atoms with Crippen molar-refractivity contribution in [2.24, 2.45) is 35.5 Å². The molecule has 6 bridgehead atoms. The van der Waals surface area contributed by atoms with Crippen LogP contribution in [0.2, 0.25) is 0 Å². The molecular weight excluding hydrogens is 336 g/mol. The van der Waals surface area contributed by atoms with Gasteiger partial charge in [-0.3, -0.25) is 0 Å². The number of hydrogen-bond donors (Lipinski definition) is 0. The summed E-state index contributed by atoms with van der Waals surface area (Å²) in [4.78, 5) is 0. The van der Waals surface area contributed by atoms with Crippen LogP contribution in [0.5, 0.6) is 0 Å². The maximum absolute atomic E-state index is 2.65. The molecule has 0 unspecified atom stereocenters. The van der Waals surface area contributed by atoms with Gasteiger partial charge >= 0.3 is 0 Å². The average molecular weight is 375 g/mol. The number of benzene rings is 1. The topological polar surface area (TPSA) is 0 Å². The van der Waals surface area contributed by atoms with Gasteiger partial charge in [0.05, 0.1) is 0 Å². The first-order valence-corrected chi connectivity index (χ1v) is 12.9. The second-order valence-electron chi connectivity index (χ2n) is 12.1. The standard InChI is InChI=1S/C28H38/c1-16-2-9-23(24-13-17-3-6-20(24)10-17)28(26-15-19-5-8-22(26)12-19)27(16)25-14-18-4-7-21(25)11-18/h2,9,17-22,24-26H,3-8,10-15H2,1H3/t17-,18-,19-,20+,21+,22+,24+,25+,26+/m0/s1. The summed E-state index contributed by atoms with van der Waals surface area (Å²) in [5.74, 6) is 9.05. The normalized spacial score (nSPS) is 48.2. The quantitative estimate of drug-likeness (QED) is 0.508. The zero-order valence-corrected chi connectivity index (χ0v) is 17.8. The Hall–Kier alpha value is -0.780. The van der Waals surface area contributed by atoms with Crippen LogP contribution in [0.3, 0.4) is 0 Å². The second kappa shape index (κ2) is 6.12. The predicted molar refractivity (Wildman–Crippen MR) is 116 cm³/mol. The van der Waals surface area contributed by atoms with Gasteiger partial charge in [0, 0.05) is 0 Å². The van der Waals surface area contributed by atoms with E-state index in [-0.39, 0.29) is 0 Å². The molecule has 0 aromatic heterocycles. The Morgan fingerprint density at radius 1 is 0.536 bits per heavy atom. The SMILES string of the molecule is Cc1ccc([C@@H]2C[C@H]3CC[C@@H]2C3)c([C@@H]2C[C@H]3CC[C@@H]2C3)c1[C@@H]1C[C@H]2CC[C@@H]1C2. The summed E-state index contributed by atoms with van der Waals surface area (Å²) in [6.07, 6.45) is 18.5. The Bertz CT molecular complexity index is 789. The maximum Gasteiger partial charge on any atom is -0.0125 e. The highest BCUT2D eigenvalue weighted by atomic mass is 14.5. The van der Waals surface area contributed by atoms with Gasteiger partial charge in [0.15, 0.2) is 0 Å². The van der Waals surface area contributed by atoms with Crippen LogP contribution in [0.1, 0.15) is 117 Å². The van der Waals surface area contributed by atoms with Crippen molar-refractivity contribution in [2.75, 3.05) is 0 Å². The third kappa shape index (κ3) is 2.36. The zero-order chi connectivity index (χ0) is 18.4. The molecule has 0 heterocycles. The van der Waals surface area contributed by atoms with Gasteiger partial charge in [-0.1, -0.05) is 31.4 Å². The fraction of sp³-hybridized carbons (Fsp3) is 0.786. The molecule has 150 valence electrons. The van der Waals surface area contributed by atoms with Crippen molar-refractivity contribution >= 4 is 0 Å².